The molecule has 1 aromatic carbocycles. The number of benzene rings is 1. The Morgan fingerprint density at radius 1 is 1.13 bits per heavy atom. The fraction of sp³-hybridized carbons (Fsp3) is 0.400. The van der Waals surface area contributed by atoms with E-state index in [4.69, 9.17) is 11.6 Å². The highest BCUT2D eigenvalue weighted by molar-refractivity contribution is 7.89. The molecule has 6 nitrogen and oxygen atoms in total. The number of piperazine rings is 1. The minimum atomic E-state index is -3.44. The maximum atomic E-state index is 12.6. The maximum Gasteiger partial charge on any atom is 0.243 e. The van der Waals surface area contributed by atoms with Gasteiger partial charge in [-0.25, -0.2) is 8.42 Å². The molecule has 0 saturated carbocycles. The van der Waals surface area contributed by atoms with Gasteiger partial charge < -0.3 is 0 Å². The van der Waals surface area contributed by atoms with Gasteiger partial charge in [0, 0.05) is 56.6 Å². The summed E-state index contributed by atoms with van der Waals surface area (Å²) in [5.41, 5.74) is 1.14. The zero-order valence-corrected chi connectivity index (χ0v) is 14.5. The van der Waals surface area contributed by atoms with Gasteiger partial charge in [-0.2, -0.15) is 9.40 Å². The van der Waals surface area contributed by atoms with E-state index in [1.807, 2.05) is 19.4 Å². The van der Waals surface area contributed by atoms with E-state index in [1.54, 1.807) is 28.9 Å². The molecule has 0 unspecified atom stereocenters. The number of halogens is 1. The molecule has 3 rings (SSSR count). The fourth-order valence-electron chi connectivity index (χ4n) is 2.70. The van der Waals surface area contributed by atoms with Gasteiger partial charge in [-0.3, -0.25) is 9.58 Å². The van der Waals surface area contributed by atoms with Gasteiger partial charge >= 0.3 is 0 Å². The van der Waals surface area contributed by atoms with Crippen LogP contribution in [-0.4, -0.2) is 53.6 Å². The van der Waals surface area contributed by atoms with Gasteiger partial charge in [0.15, 0.2) is 0 Å². The third kappa shape index (κ3) is 3.74. The zero-order valence-electron chi connectivity index (χ0n) is 12.9. The third-order valence-corrected chi connectivity index (χ3v) is 6.11. The lowest BCUT2D eigenvalue weighted by atomic mass is 10.3. The van der Waals surface area contributed by atoms with E-state index in [2.05, 4.69) is 10.00 Å². The van der Waals surface area contributed by atoms with Crippen molar-refractivity contribution in [3.8, 4) is 0 Å². The number of hydrogen-bond acceptors (Lipinski definition) is 4. The molecular formula is C15H19ClN4O2S. The Balaban J connectivity index is 1.62. The van der Waals surface area contributed by atoms with Crippen molar-refractivity contribution in [2.75, 3.05) is 26.2 Å². The van der Waals surface area contributed by atoms with Crippen molar-refractivity contribution in [1.29, 1.82) is 0 Å². The molecule has 8 heteroatoms. The minimum Gasteiger partial charge on any atom is -0.296 e. The Hall–Kier alpha value is -1.41. The van der Waals surface area contributed by atoms with Crippen LogP contribution in [0.5, 0.6) is 0 Å². The number of sulfonamides is 1. The summed E-state index contributed by atoms with van der Waals surface area (Å²) >= 11 is 5.82. The van der Waals surface area contributed by atoms with E-state index in [0.29, 0.717) is 36.1 Å². The van der Waals surface area contributed by atoms with Crippen LogP contribution in [0.3, 0.4) is 0 Å². The summed E-state index contributed by atoms with van der Waals surface area (Å²) in [7, 11) is -1.55. The highest BCUT2D eigenvalue weighted by Gasteiger charge is 2.28. The molecule has 0 N–H and O–H groups in total. The van der Waals surface area contributed by atoms with E-state index in [-0.39, 0.29) is 0 Å². The molecule has 0 spiro atoms. The van der Waals surface area contributed by atoms with Crippen molar-refractivity contribution in [3.05, 3.63) is 47.2 Å². The van der Waals surface area contributed by atoms with Crippen molar-refractivity contribution in [2.45, 2.75) is 11.4 Å². The molecule has 1 aromatic heterocycles. The first kappa shape index (κ1) is 16.4. The summed E-state index contributed by atoms with van der Waals surface area (Å²) in [6.07, 6.45) is 3.83. The average molecular weight is 355 g/mol. The maximum absolute atomic E-state index is 12.6. The molecule has 1 aliphatic heterocycles. The first-order valence-corrected chi connectivity index (χ1v) is 9.22. The van der Waals surface area contributed by atoms with Crippen LogP contribution in [0.4, 0.5) is 0 Å². The Kier molecular flexibility index (Phi) is 4.72. The second-order valence-corrected chi connectivity index (χ2v) is 8.03. The Morgan fingerprint density at radius 3 is 2.35 bits per heavy atom. The predicted octanol–water partition coefficient (Wildman–Crippen LogP) is 1.58. The summed E-state index contributed by atoms with van der Waals surface area (Å²) in [6.45, 7) is 3.20. The Labute approximate surface area is 141 Å². The van der Waals surface area contributed by atoms with Crippen molar-refractivity contribution >= 4 is 21.6 Å². The quantitative estimate of drug-likeness (QED) is 0.836. The van der Waals surface area contributed by atoms with Gasteiger partial charge in [0.25, 0.3) is 0 Å². The molecule has 0 amide bonds. The van der Waals surface area contributed by atoms with Crippen LogP contribution in [0, 0.1) is 0 Å². The summed E-state index contributed by atoms with van der Waals surface area (Å²) in [6, 6.07) is 6.32. The van der Waals surface area contributed by atoms with Crippen LogP contribution in [0.2, 0.25) is 5.02 Å². The lowest BCUT2D eigenvalue weighted by Crippen LogP contribution is -2.48. The molecule has 1 aliphatic rings. The monoisotopic (exact) mass is 354 g/mol. The van der Waals surface area contributed by atoms with E-state index >= 15 is 0 Å². The zero-order chi connectivity index (χ0) is 16.4. The van der Waals surface area contributed by atoms with Gasteiger partial charge in [0.2, 0.25) is 10.0 Å². The van der Waals surface area contributed by atoms with Crippen LogP contribution in [0.1, 0.15) is 5.56 Å². The Morgan fingerprint density at radius 2 is 1.78 bits per heavy atom. The van der Waals surface area contributed by atoms with E-state index in [9.17, 15) is 8.42 Å². The van der Waals surface area contributed by atoms with Crippen molar-refractivity contribution < 1.29 is 8.42 Å². The second kappa shape index (κ2) is 6.60. The largest absolute Gasteiger partial charge is 0.296 e. The van der Waals surface area contributed by atoms with Gasteiger partial charge in [0.05, 0.1) is 11.1 Å². The number of nitrogens with zero attached hydrogens (tertiary/aromatic N) is 4. The molecule has 1 fully saturated rings. The van der Waals surface area contributed by atoms with Gasteiger partial charge in [-0.05, 0) is 24.3 Å². The van der Waals surface area contributed by atoms with E-state index < -0.39 is 10.0 Å². The number of aryl methyl sites for hydroxylation is 1. The predicted molar refractivity (Wildman–Crippen MR) is 88.7 cm³/mol. The number of rotatable bonds is 4. The summed E-state index contributed by atoms with van der Waals surface area (Å²) in [4.78, 5) is 2.54. The first-order valence-electron chi connectivity index (χ1n) is 7.41. The number of aromatic nitrogens is 2. The van der Waals surface area contributed by atoms with E-state index in [1.165, 1.54) is 4.31 Å². The van der Waals surface area contributed by atoms with Crippen LogP contribution in [0.25, 0.3) is 0 Å². The van der Waals surface area contributed by atoms with Crippen molar-refractivity contribution in [1.82, 2.24) is 19.0 Å². The standard InChI is InChI=1S/C15H19ClN4O2S/c1-18-11-13(10-17-18)12-19-6-8-20(9-7-19)23(21,22)15-4-2-14(16)3-5-15/h2-5,10-11H,6-9,12H2,1H3. The normalized spacial score (nSPS) is 17.5. The third-order valence-electron chi connectivity index (χ3n) is 3.95. The average Bonchev–Trinajstić information content (AvgIpc) is 2.93. The highest BCUT2D eigenvalue weighted by atomic mass is 35.5. The Bertz CT molecular complexity index is 765. The van der Waals surface area contributed by atoms with Crippen LogP contribution < -0.4 is 0 Å². The first-order chi connectivity index (χ1) is 10.9. The molecule has 23 heavy (non-hydrogen) atoms. The second-order valence-electron chi connectivity index (χ2n) is 5.66. The molecular weight excluding hydrogens is 336 g/mol. The summed E-state index contributed by atoms with van der Waals surface area (Å²) in [5, 5.41) is 4.69. The highest BCUT2D eigenvalue weighted by Crippen LogP contribution is 2.20. The molecule has 0 bridgehead atoms. The molecule has 2 heterocycles. The van der Waals surface area contributed by atoms with Crippen molar-refractivity contribution in [3.63, 3.8) is 0 Å². The van der Waals surface area contributed by atoms with E-state index in [0.717, 1.165) is 12.1 Å². The van der Waals surface area contributed by atoms with Crippen LogP contribution >= 0.6 is 11.6 Å². The minimum absolute atomic E-state index is 0.294. The molecule has 1 saturated heterocycles. The lowest BCUT2D eigenvalue weighted by molar-refractivity contribution is 0.181. The number of hydrogen-bond donors (Lipinski definition) is 0. The molecule has 124 valence electrons. The molecule has 0 atom stereocenters. The molecule has 0 radical (unpaired) electrons. The molecule has 2 aromatic rings. The topological polar surface area (TPSA) is 58.4 Å². The van der Waals surface area contributed by atoms with Gasteiger partial charge in [-0.15, -0.1) is 0 Å². The SMILES string of the molecule is Cn1cc(CN2CCN(S(=O)(=O)c3ccc(Cl)cc3)CC2)cn1. The van der Waals surface area contributed by atoms with Crippen molar-refractivity contribution in [2.24, 2.45) is 7.05 Å². The fourth-order valence-corrected chi connectivity index (χ4v) is 4.24. The lowest BCUT2D eigenvalue weighted by Gasteiger charge is -2.33. The van der Waals surface area contributed by atoms with Crippen LogP contribution in [-0.2, 0) is 23.6 Å². The van der Waals surface area contributed by atoms with Gasteiger partial charge in [-0.1, -0.05) is 11.6 Å². The summed E-state index contributed by atoms with van der Waals surface area (Å²) < 4.78 is 28.5. The molecule has 0 aliphatic carbocycles. The smallest absolute Gasteiger partial charge is 0.243 e. The van der Waals surface area contributed by atoms with Gasteiger partial charge in [0.1, 0.15) is 0 Å². The van der Waals surface area contributed by atoms with Crippen LogP contribution in [0.15, 0.2) is 41.6 Å². The summed E-state index contributed by atoms with van der Waals surface area (Å²) in [5.74, 6) is 0.